The summed E-state index contributed by atoms with van der Waals surface area (Å²) >= 11 is 0. The van der Waals surface area contributed by atoms with Gasteiger partial charge in [0.25, 0.3) is 0 Å². The number of carbonyl (C=O) groups is 2. The Kier molecular flexibility index (Phi) is 6.07. The molecule has 1 heterocycles. The van der Waals surface area contributed by atoms with E-state index in [2.05, 4.69) is 5.32 Å². The molecule has 2 N–H and O–H groups in total. The molecule has 0 aromatic heterocycles. The molecule has 0 radical (unpaired) electrons. The number of amides is 1. The van der Waals surface area contributed by atoms with Gasteiger partial charge in [-0.1, -0.05) is 13.3 Å². The fourth-order valence-electron chi connectivity index (χ4n) is 1.97. The third-order valence-corrected chi connectivity index (χ3v) is 3.16. The first-order valence-electron chi connectivity index (χ1n) is 6.41. The third-order valence-electron chi connectivity index (χ3n) is 3.16. The van der Waals surface area contributed by atoms with Crippen molar-refractivity contribution in [2.75, 3.05) is 26.3 Å². The second kappa shape index (κ2) is 7.33. The highest BCUT2D eigenvalue weighted by Gasteiger charge is 2.26. The predicted octanol–water partition coefficient (Wildman–Crippen LogP) is 0.0766. The molecule has 1 rings (SSSR count). The van der Waals surface area contributed by atoms with E-state index < -0.39 is 12.0 Å². The van der Waals surface area contributed by atoms with E-state index in [-0.39, 0.29) is 11.9 Å². The number of nitrogens with one attached hydrogen (secondary N) is 1. The quantitative estimate of drug-likeness (QED) is 0.705. The summed E-state index contributed by atoms with van der Waals surface area (Å²) in [7, 11) is 0. The average Bonchev–Trinajstić information content (AvgIpc) is 2.38. The number of morpholine rings is 1. The zero-order chi connectivity index (χ0) is 13.5. The molecule has 1 amide bonds. The first kappa shape index (κ1) is 14.9. The molecule has 6 heteroatoms. The lowest BCUT2D eigenvalue weighted by Gasteiger charge is -2.31. The van der Waals surface area contributed by atoms with Gasteiger partial charge in [0.2, 0.25) is 5.91 Å². The van der Waals surface area contributed by atoms with E-state index >= 15 is 0 Å². The lowest BCUT2D eigenvalue weighted by Crippen LogP contribution is -2.53. The van der Waals surface area contributed by atoms with Crippen LogP contribution in [0.3, 0.4) is 0 Å². The molecule has 0 aromatic rings. The van der Waals surface area contributed by atoms with E-state index in [4.69, 9.17) is 9.84 Å². The van der Waals surface area contributed by atoms with Gasteiger partial charge in [-0.15, -0.1) is 0 Å². The summed E-state index contributed by atoms with van der Waals surface area (Å²) < 4.78 is 5.22. The van der Waals surface area contributed by atoms with Crippen molar-refractivity contribution in [3.63, 3.8) is 0 Å². The van der Waals surface area contributed by atoms with Crippen LogP contribution in [-0.2, 0) is 14.3 Å². The Hall–Kier alpha value is -1.14. The SMILES string of the molecule is CCCC(NC(=O)C(C)N1CCOCC1)C(=O)O. The van der Waals surface area contributed by atoms with E-state index in [9.17, 15) is 9.59 Å². The number of rotatable bonds is 6. The maximum absolute atomic E-state index is 12.0. The molecular formula is C12H22N2O4. The zero-order valence-electron chi connectivity index (χ0n) is 11.0. The maximum atomic E-state index is 12.0. The summed E-state index contributed by atoms with van der Waals surface area (Å²) in [4.78, 5) is 25.0. The van der Waals surface area contributed by atoms with Gasteiger partial charge in [-0.3, -0.25) is 9.69 Å². The third kappa shape index (κ3) is 4.27. The summed E-state index contributed by atoms with van der Waals surface area (Å²) in [6.45, 7) is 6.35. The Morgan fingerprint density at radius 2 is 2.00 bits per heavy atom. The molecule has 1 saturated heterocycles. The van der Waals surface area contributed by atoms with Crippen LogP contribution in [0.4, 0.5) is 0 Å². The fourth-order valence-corrected chi connectivity index (χ4v) is 1.97. The highest BCUT2D eigenvalue weighted by molar-refractivity contribution is 5.86. The van der Waals surface area contributed by atoms with Crippen LogP contribution in [0, 0.1) is 0 Å². The number of carboxylic acid groups (broad SMARTS) is 1. The summed E-state index contributed by atoms with van der Waals surface area (Å²) in [6.07, 6.45) is 1.18. The Morgan fingerprint density at radius 3 is 2.50 bits per heavy atom. The van der Waals surface area contributed by atoms with E-state index in [1.54, 1.807) is 6.92 Å². The van der Waals surface area contributed by atoms with E-state index in [0.29, 0.717) is 32.7 Å². The van der Waals surface area contributed by atoms with Gasteiger partial charge in [0.1, 0.15) is 6.04 Å². The second-order valence-electron chi connectivity index (χ2n) is 4.51. The smallest absolute Gasteiger partial charge is 0.326 e. The molecule has 18 heavy (non-hydrogen) atoms. The Labute approximate surface area is 107 Å². The van der Waals surface area contributed by atoms with Crippen LogP contribution in [0.25, 0.3) is 0 Å². The molecular weight excluding hydrogens is 236 g/mol. The van der Waals surface area contributed by atoms with Crippen LogP contribution >= 0.6 is 0 Å². The van der Waals surface area contributed by atoms with Gasteiger partial charge in [0, 0.05) is 13.1 Å². The largest absolute Gasteiger partial charge is 0.480 e. The lowest BCUT2D eigenvalue weighted by atomic mass is 10.1. The summed E-state index contributed by atoms with van der Waals surface area (Å²) in [6, 6.07) is -1.10. The van der Waals surface area contributed by atoms with Crippen molar-refractivity contribution in [2.45, 2.75) is 38.8 Å². The van der Waals surface area contributed by atoms with Gasteiger partial charge in [-0.2, -0.15) is 0 Å². The molecule has 1 aliphatic rings. The molecule has 0 aliphatic carbocycles. The number of hydrogen-bond donors (Lipinski definition) is 2. The molecule has 0 aromatic carbocycles. The van der Waals surface area contributed by atoms with Crippen molar-refractivity contribution < 1.29 is 19.4 Å². The van der Waals surface area contributed by atoms with Crippen molar-refractivity contribution in [3.05, 3.63) is 0 Å². The summed E-state index contributed by atoms with van der Waals surface area (Å²) in [5.41, 5.74) is 0. The topological polar surface area (TPSA) is 78.9 Å². The van der Waals surface area contributed by atoms with E-state index in [0.717, 1.165) is 6.42 Å². The highest BCUT2D eigenvalue weighted by atomic mass is 16.5. The molecule has 104 valence electrons. The van der Waals surface area contributed by atoms with Gasteiger partial charge < -0.3 is 15.2 Å². The molecule has 0 saturated carbocycles. The predicted molar refractivity (Wildman–Crippen MR) is 66.3 cm³/mol. The van der Waals surface area contributed by atoms with Crippen molar-refractivity contribution in [1.82, 2.24) is 10.2 Å². The minimum Gasteiger partial charge on any atom is -0.480 e. The van der Waals surface area contributed by atoms with Crippen LogP contribution < -0.4 is 5.32 Å². The minimum absolute atomic E-state index is 0.224. The van der Waals surface area contributed by atoms with Gasteiger partial charge in [0.05, 0.1) is 19.3 Å². The molecule has 2 unspecified atom stereocenters. The Balaban J connectivity index is 2.48. The summed E-state index contributed by atoms with van der Waals surface area (Å²) in [5, 5.41) is 11.6. The standard InChI is InChI=1S/C12H22N2O4/c1-3-4-10(12(16)17)13-11(15)9(2)14-5-7-18-8-6-14/h9-10H,3-8H2,1-2H3,(H,13,15)(H,16,17). The number of carbonyl (C=O) groups excluding carboxylic acids is 1. The number of ether oxygens (including phenoxy) is 1. The number of nitrogens with zero attached hydrogens (tertiary/aromatic N) is 1. The van der Waals surface area contributed by atoms with Crippen LogP contribution in [0.2, 0.25) is 0 Å². The first-order valence-corrected chi connectivity index (χ1v) is 6.41. The maximum Gasteiger partial charge on any atom is 0.326 e. The zero-order valence-corrected chi connectivity index (χ0v) is 11.0. The molecule has 6 nitrogen and oxygen atoms in total. The van der Waals surface area contributed by atoms with E-state index in [1.165, 1.54) is 0 Å². The molecule has 1 aliphatic heterocycles. The van der Waals surface area contributed by atoms with Gasteiger partial charge in [0.15, 0.2) is 0 Å². The second-order valence-corrected chi connectivity index (χ2v) is 4.51. The number of hydrogen-bond acceptors (Lipinski definition) is 4. The Morgan fingerprint density at radius 1 is 1.39 bits per heavy atom. The fraction of sp³-hybridized carbons (Fsp3) is 0.833. The monoisotopic (exact) mass is 258 g/mol. The molecule has 2 atom stereocenters. The normalized spacial score (nSPS) is 20.1. The van der Waals surface area contributed by atoms with Crippen LogP contribution in [0.1, 0.15) is 26.7 Å². The van der Waals surface area contributed by atoms with Gasteiger partial charge in [-0.25, -0.2) is 4.79 Å². The van der Waals surface area contributed by atoms with Crippen LogP contribution in [0.5, 0.6) is 0 Å². The minimum atomic E-state index is -0.973. The number of carboxylic acids is 1. The molecule has 1 fully saturated rings. The highest BCUT2D eigenvalue weighted by Crippen LogP contribution is 2.05. The first-order chi connectivity index (χ1) is 8.56. The van der Waals surface area contributed by atoms with E-state index in [1.807, 2.05) is 11.8 Å². The van der Waals surface area contributed by atoms with Crippen molar-refractivity contribution in [3.8, 4) is 0 Å². The van der Waals surface area contributed by atoms with Crippen LogP contribution in [-0.4, -0.2) is 60.3 Å². The van der Waals surface area contributed by atoms with Crippen molar-refractivity contribution >= 4 is 11.9 Å². The molecule has 0 bridgehead atoms. The Bertz CT molecular complexity index is 290. The van der Waals surface area contributed by atoms with Crippen molar-refractivity contribution in [2.24, 2.45) is 0 Å². The average molecular weight is 258 g/mol. The lowest BCUT2D eigenvalue weighted by molar-refractivity contribution is -0.143. The van der Waals surface area contributed by atoms with Crippen LogP contribution in [0.15, 0.2) is 0 Å². The van der Waals surface area contributed by atoms with Crippen molar-refractivity contribution in [1.29, 1.82) is 0 Å². The number of aliphatic carboxylic acids is 1. The van der Waals surface area contributed by atoms with Gasteiger partial charge >= 0.3 is 5.97 Å². The summed E-state index contributed by atoms with van der Waals surface area (Å²) in [5.74, 6) is -1.20. The van der Waals surface area contributed by atoms with Gasteiger partial charge in [-0.05, 0) is 13.3 Å². The molecule has 0 spiro atoms.